The molecule has 19 heavy (non-hydrogen) atoms. The second-order valence-corrected chi connectivity index (χ2v) is 6.43. The second kappa shape index (κ2) is 5.51. The predicted molar refractivity (Wildman–Crippen MR) is 72.7 cm³/mol. The molecule has 0 aromatic carbocycles. The van der Waals surface area contributed by atoms with Gasteiger partial charge in [0.1, 0.15) is 5.92 Å². The van der Waals surface area contributed by atoms with E-state index in [1.165, 1.54) is 39.0 Å². The van der Waals surface area contributed by atoms with E-state index in [1.54, 1.807) is 0 Å². The molecule has 2 atom stereocenters. The summed E-state index contributed by atoms with van der Waals surface area (Å²) < 4.78 is 0. The van der Waals surface area contributed by atoms with E-state index in [1.807, 2.05) is 4.90 Å². The van der Waals surface area contributed by atoms with Gasteiger partial charge in [-0.2, -0.15) is 0 Å². The van der Waals surface area contributed by atoms with Gasteiger partial charge < -0.3 is 10.0 Å². The highest BCUT2D eigenvalue weighted by molar-refractivity contribution is 5.96. The van der Waals surface area contributed by atoms with E-state index in [2.05, 4.69) is 6.92 Å². The summed E-state index contributed by atoms with van der Waals surface area (Å²) >= 11 is 0. The molecule has 1 amide bonds. The number of carbonyl (C=O) groups excluding carboxylic acids is 1. The molecule has 108 valence electrons. The molecular weight excluding hydrogens is 242 g/mol. The van der Waals surface area contributed by atoms with Crippen LogP contribution in [-0.2, 0) is 9.59 Å². The van der Waals surface area contributed by atoms with Crippen LogP contribution in [0.25, 0.3) is 0 Å². The molecule has 0 radical (unpaired) electrons. The van der Waals surface area contributed by atoms with Crippen LogP contribution in [-0.4, -0.2) is 35.0 Å². The molecule has 0 bridgehead atoms. The molecule has 0 aromatic rings. The smallest absolute Gasteiger partial charge is 0.315 e. The van der Waals surface area contributed by atoms with Gasteiger partial charge in [0, 0.05) is 13.1 Å². The summed E-state index contributed by atoms with van der Waals surface area (Å²) in [6.45, 7) is 5.29. The SMILES string of the molecule is CC(C(=O)O)C(=O)N1CCC(C)C2(CCCCC2)C1. The first-order valence-electron chi connectivity index (χ1n) is 7.48. The van der Waals surface area contributed by atoms with Crippen LogP contribution in [0.2, 0.25) is 0 Å². The Morgan fingerprint density at radius 3 is 2.47 bits per heavy atom. The van der Waals surface area contributed by atoms with Gasteiger partial charge in [-0.15, -0.1) is 0 Å². The third-order valence-corrected chi connectivity index (χ3v) is 5.29. The Hall–Kier alpha value is -1.06. The lowest BCUT2D eigenvalue weighted by Crippen LogP contribution is -2.52. The van der Waals surface area contributed by atoms with Crippen molar-refractivity contribution in [1.82, 2.24) is 4.90 Å². The number of hydrogen-bond acceptors (Lipinski definition) is 2. The molecule has 1 aliphatic heterocycles. The van der Waals surface area contributed by atoms with E-state index >= 15 is 0 Å². The molecular formula is C15H25NO3. The van der Waals surface area contributed by atoms with Gasteiger partial charge in [-0.1, -0.05) is 26.2 Å². The monoisotopic (exact) mass is 267 g/mol. The van der Waals surface area contributed by atoms with E-state index in [9.17, 15) is 9.59 Å². The average Bonchev–Trinajstić information content (AvgIpc) is 2.41. The minimum absolute atomic E-state index is 0.204. The van der Waals surface area contributed by atoms with Gasteiger partial charge in [-0.05, 0) is 37.5 Å². The van der Waals surface area contributed by atoms with Crippen LogP contribution in [0, 0.1) is 17.3 Å². The zero-order valence-electron chi connectivity index (χ0n) is 12.0. The molecule has 1 N–H and O–H groups in total. The fraction of sp³-hybridized carbons (Fsp3) is 0.867. The van der Waals surface area contributed by atoms with Crippen molar-refractivity contribution < 1.29 is 14.7 Å². The first-order chi connectivity index (χ1) is 8.96. The molecule has 2 fully saturated rings. The summed E-state index contributed by atoms with van der Waals surface area (Å²) in [6.07, 6.45) is 7.20. The Kier molecular flexibility index (Phi) is 4.16. The second-order valence-electron chi connectivity index (χ2n) is 6.43. The molecule has 1 aliphatic carbocycles. The number of carboxylic acids is 1. The van der Waals surface area contributed by atoms with E-state index in [4.69, 9.17) is 5.11 Å². The highest BCUT2D eigenvalue weighted by Gasteiger charge is 2.43. The number of amides is 1. The lowest BCUT2D eigenvalue weighted by atomic mass is 9.63. The number of hydrogen-bond donors (Lipinski definition) is 1. The summed E-state index contributed by atoms with van der Waals surface area (Å²) in [7, 11) is 0. The standard InChI is InChI=1S/C15H25NO3/c1-11-6-9-16(13(17)12(2)14(18)19)10-15(11)7-4-3-5-8-15/h11-12H,3-10H2,1-2H3,(H,18,19). The molecule has 4 heteroatoms. The zero-order chi connectivity index (χ0) is 14.0. The number of rotatable bonds is 2. The minimum atomic E-state index is -1.01. The fourth-order valence-electron chi connectivity index (χ4n) is 3.75. The number of piperidine rings is 1. The largest absolute Gasteiger partial charge is 0.481 e. The number of likely N-dealkylation sites (tertiary alicyclic amines) is 1. The van der Waals surface area contributed by atoms with Gasteiger partial charge in [-0.3, -0.25) is 9.59 Å². The lowest BCUT2D eigenvalue weighted by molar-refractivity contribution is -0.153. The number of carboxylic acid groups (broad SMARTS) is 1. The molecule has 2 rings (SSSR count). The number of nitrogens with zero attached hydrogens (tertiary/aromatic N) is 1. The lowest BCUT2D eigenvalue weighted by Gasteiger charge is -2.49. The Bertz CT molecular complexity index is 360. The minimum Gasteiger partial charge on any atom is -0.481 e. The summed E-state index contributed by atoms with van der Waals surface area (Å²) in [5.74, 6) is -1.48. The van der Waals surface area contributed by atoms with Crippen LogP contribution in [0.3, 0.4) is 0 Å². The third-order valence-electron chi connectivity index (χ3n) is 5.29. The van der Waals surface area contributed by atoms with Crippen molar-refractivity contribution in [1.29, 1.82) is 0 Å². The van der Waals surface area contributed by atoms with Gasteiger partial charge in [-0.25, -0.2) is 0 Å². The number of carbonyl (C=O) groups is 2. The predicted octanol–water partition coefficient (Wildman–Crippen LogP) is 2.53. The quantitative estimate of drug-likeness (QED) is 0.782. The van der Waals surface area contributed by atoms with Crippen LogP contribution in [0.1, 0.15) is 52.4 Å². The maximum atomic E-state index is 12.2. The fourth-order valence-corrected chi connectivity index (χ4v) is 3.75. The molecule has 1 saturated carbocycles. The Labute approximate surface area is 115 Å². The van der Waals surface area contributed by atoms with Crippen LogP contribution in [0.5, 0.6) is 0 Å². The molecule has 1 heterocycles. The van der Waals surface area contributed by atoms with Crippen molar-refractivity contribution >= 4 is 11.9 Å². The van der Waals surface area contributed by atoms with Gasteiger partial charge >= 0.3 is 5.97 Å². The first kappa shape index (κ1) is 14.4. The van der Waals surface area contributed by atoms with E-state index in [-0.39, 0.29) is 11.3 Å². The van der Waals surface area contributed by atoms with Crippen molar-refractivity contribution in [3.05, 3.63) is 0 Å². The van der Waals surface area contributed by atoms with Crippen LogP contribution in [0.15, 0.2) is 0 Å². The van der Waals surface area contributed by atoms with E-state index in [0.29, 0.717) is 5.92 Å². The topological polar surface area (TPSA) is 57.6 Å². The molecule has 4 nitrogen and oxygen atoms in total. The van der Waals surface area contributed by atoms with Crippen molar-refractivity contribution in [2.24, 2.45) is 17.3 Å². The first-order valence-corrected chi connectivity index (χ1v) is 7.48. The van der Waals surface area contributed by atoms with Crippen molar-refractivity contribution in [2.45, 2.75) is 52.4 Å². The van der Waals surface area contributed by atoms with E-state index in [0.717, 1.165) is 19.5 Å². The maximum Gasteiger partial charge on any atom is 0.315 e. The third kappa shape index (κ3) is 2.77. The summed E-state index contributed by atoms with van der Waals surface area (Å²) in [6, 6.07) is 0. The van der Waals surface area contributed by atoms with Crippen LogP contribution < -0.4 is 0 Å². The maximum absolute atomic E-state index is 12.2. The van der Waals surface area contributed by atoms with Gasteiger partial charge in [0.2, 0.25) is 5.91 Å². The Morgan fingerprint density at radius 1 is 1.26 bits per heavy atom. The highest BCUT2D eigenvalue weighted by Crippen LogP contribution is 2.46. The molecule has 2 unspecified atom stereocenters. The average molecular weight is 267 g/mol. The van der Waals surface area contributed by atoms with Crippen LogP contribution in [0.4, 0.5) is 0 Å². The molecule has 0 aromatic heterocycles. The van der Waals surface area contributed by atoms with Gasteiger partial charge in [0.15, 0.2) is 0 Å². The van der Waals surface area contributed by atoms with Crippen LogP contribution >= 0.6 is 0 Å². The van der Waals surface area contributed by atoms with Gasteiger partial charge in [0.25, 0.3) is 0 Å². The normalized spacial score (nSPS) is 28.1. The van der Waals surface area contributed by atoms with Gasteiger partial charge in [0.05, 0.1) is 0 Å². The number of aliphatic carboxylic acids is 1. The summed E-state index contributed by atoms with van der Waals surface area (Å²) in [4.78, 5) is 25.0. The summed E-state index contributed by atoms with van der Waals surface area (Å²) in [5, 5.41) is 8.99. The molecule has 2 aliphatic rings. The van der Waals surface area contributed by atoms with Crippen molar-refractivity contribution in [2.75, 3.05) is 13.1 Å². The highest BCUT2D eigenvalue weighted by atomic mass is 16.4. The van der Waals surface area contributed by atoms with Crippen molar-refractivity contribution in [3.63, 3.8) is 0 Å². The molecule has 1 saturated heterocycles. The zero-order valence-corrected chi connectivity index (χ0v) is 12.0. The Morgan fingerprint density at radius 2 is 1.89 bits per heavy atom. The molecule has 1 spiro atoms. The van der Waals surface area contributed by atoms with Crippen molar-refractivity contribution in [3.8, 4) is 0 Å². The summed E-state index contributed by atoms with van der Waals surface area (Å²) in [5.41, 5.74) is 0.254. The van der Waals surface area contributed by atoms with E-state index < -0.39 is 11.9 Å². The Balaban J connectivity index is 2.08.